The van der Waals surface area contributed by atoms with Crippen molar-refractivity contribution in [3.8, 4) is 17.2 Å². The molecular formula is C35H39O4Si. The third-order valence-electron chi connectivity index (χ3n) is 7.87. The first kappa shape index (κ1) is 28.0. The molecule has 1 aliphatic rings. The largest absolute Gasteiger partial charge is 0.493 e. The summed E-state index contributed by atoms with van der Waals surface area (Å²) in [4.78, 5) is 0. The molecular weight excluding hydrogens is 512 g/mol. The number of rotatable bonds is 11. The van der Waals surface area contributed by atoms with Gasteiger partial charge in [-0.3, -0.25) is 0 Å². The Morgan fingerprint density at radius 1 is 0.750 bits per heavy atom. The van der Waals surface area contributed by atoms with Crippen LogP contribution in [0.5, 0.6) is 17.2 Å². The van der Waals surface area contributed by atoms with E-state index in [1.54, 1.807) is 14.2 Å². The normalized spacial score (nSPS) is 19.2. The zero-order valence-electron chi connectivity index (χ0n) is 24.1. The Hall–Kier alpha value is -3.54. The fraction of sp³-hybridized carbons (Fsp3) is 0.314. The molecule has 0 aromatic heterocycles. The van der Waals surface area contributed by atoms with Crippen molar-refractivity contribution in [2.24, 2.45) is 11.3 Å². The van der Waals surface area contributed by atoms with Crippen LogP contribution in [0.15, 0.2) is 109 Å². The van der Waals surface area contributed by atoms with Gasteiger partial charge in [0.2, 0.25) is 0 Å². The van der Waals surface area contributed by atoms with E-state index in [-0.39, 0.29) is 16.9 Å². The van der Waals surface area contributed by atoms with Crippen molar-refractivity contribution in [1.82, 2.24) is 0 Å². The Bertz CT molecular complexity index is 1330. The van der Waals surface area contributed by atoms with E-state index < -0.39 is 9.04 Å². The first-order valence-corrected chi connectivity index (χ1v) is 15.3. The van der Waals surface area contributed by atoms with Crippen LogP contribution in [0.4, 0.5) is 0 Å². The summed E-state index contributed by atoms with van der Waals surface area (Å²) >= 11 is 0. The Labute approximate surface area is 240 Å². The molecule has 0 amide bonds. The van der Waals surface area contributed by atoms with Gasteiger partial charge in [-0.15, -0.1) is 0 Å². The number of hydrogen-bond donors (Lipinski definition) is 0. The maximum absolute atomic E-state index is 7.32. The predicted molar refractivity (Wildman–Crippen MR) is 164 cm³/mol. The van der Waals surface area contributed by atoms with Gasteiger partial charge in [0.25, 0.3) is 9.04 Å². The van der Waals surface area contributed by atoms with Gasteiger partial charge >= 0.3 is 0 Å². The van der Waals surface area contributed by atoms with E-state index in [0.29, 0.717) is 24.0 Å². The maximum atomic E-state index is 7.32. The van der Waals surface area contributed by atoms with Crippen LogP contribution in [0.1, 0.15) is 32.8 Å². The molecule has 4 aromatic rings. The molecule has 1 aliphatic carbocycles. The second-order valence-electron chi connectivity index (χ2n) is 11.6. The predicted octanol–water partition coefficient (Wildman–Crippen LogP) is 6.28. The monoisotopic (exact) mass is 551 g/mol. The van der Waals surface area contributed by atoms with Crippen LogP contribution in [-0.4, -0.2) is 36.0 Å². The van der Waals surface area contributed by atoms with E-state index in [0.717, 1.165) is 12.2 Å². The molecule has 3 atom stereocenters. The van der Waals surface area contributed by atoms with Gasteiger partial charge in [0.1, 0.15) is 5.75 Å². The van der Waals surface area contributed by atoms with Crippen molar-refractivity contribution in [3.63, 3.8) is 0 Å². The molecule has 4 nitrogen and oxygen atoms in total. The smallest absolute Gasteiger partial charge is 0.283 e. The Kier molecular flexibility index (Phi) is 8.34. The van der Waals surface area contributed by atoms with Crippen molar-refractivity contribution >= 4 is 19.4 Å². The van der Waals surface area contributed by atoms with E-state index in [2.05, 4.69) is 112 Å². The lowest BCUT2D eigenvalue weighted by molar-refractivity contribution is 0.0576. The minimum atomic E-state index is -1.47. The van der Waals surface area contributed by atoms with Gasteiger partial charge in [0, 0.05) is 11.5 Å². The highest BCUT2D eigenvalue weighted by atomic mass is 28.3. The SMILES string of the molecule is COc1ccc(OCC2(c3ccccc3)CC2C(O[Si](c2ccccc2)c2ccccc2)C(C)(C)C)cc1OC. The molecule has 1 saturated carbocycles. The quantitative estimate of drug-likeness (QED) is 0.206. The summed E-state index contributed by atoms with van der Waals surface area (Å²) in [6, 6.07) is 37.9. The second-order valence-corrected chi connectivity index (χ2v) is 13.7. The van der Waals surface area contributed by atoms with E-state index in [4.69, 9.17) is 18.6 Å². The van der Waals surface area contributed by atoms with Crippen LogP contribution in [0, 0.1) is 11.3 Å². The Morgan fingerprint density at radius 2 is 1.30 bits per heavy atom. The average Bonchev–Trinajstić information content (AvgIpc) is 3.72. The molecule has 3 unspecified atom stereocenters. The van der Waals surface area contributed by atoms with Crippen molar-refractivity contribution in [2.45, 2.75) is 38.7 Å². The first-order chi connectivity index (χ1) is 19.4. The lowest BCUT2D eigenvalue weighted by Gasteiger charge is -2.36. The van der Waals surface area contributed by atoms with Crippen LogP contribution in [0.2, 0.25) is 0 Å². The minimum Gasteiger partial charge on any atom is -0.493 e. The molecule has 0 saturated heterocycles. The van der Waals surface area contributed by atoms with Crippen LogP contribution in [0.25, 0.3) is 0 Å². The van der Waals surface area contributed by atoms with Gasteiger partial charge in [-0.2, -0.15) is 0 Å². The second kappa shape index (κ2) is 11.9. The molecule has 5 rings (SSSR count). The number of benzene rings is 4. The topological polar surface area (TPSA) is 36.9 Å². The lowest BCUT2D eigenvalue weighted by Crippen LogP contribution is -2.51. The van der Waals surface area contributed by atoms with Crippen molar-refractivity contribution in [3.05, 3.63) is 115 Å². The Balaban J connectivity index is 1.47. The summed E-state index contributed by atoms with van der Waals surface area (Å²) in [6.45, 7) is 7.47. The van der Waals surface area contributed by atoms with Crippen LogP contribution in [-0.2, 0) is 9.84 Å². The highest BCUT2D eigenvalue weighted by molar-refractivity contribution is 6.80. The minimum absolute atomic E-state index is 0.0380. The van der Waals surface area contributed by atoms with Gasteiger partial charge < -0.3 is 18.6 Å². The third kappa shape index (κ3) is 5.96. The fourth-order valence-electron chi connectivity index (χ4n) is 5.67. The molecule has 40 heavy (non-hydrogen) atoms. The summed E-state index contributed by atoms with van der Waals surface area (Å²) in [7, 11) is 1.82. The summed E-state index contributed by atoms with van der Waals surface area (Å²) < 4.78 is 24.8. The number of methoxy groups -OCH3 is 2. The number of hydrogen-bond acceptors (Lipinski definition) is 4. The van der Waals surface area contributed by atoms with Crippen molar-refractivity contribution < 1.29 is 18.6 Å². The molecule has 0 N–H and O–H groups in total. The van der Waals surface area contributed by atoms with Gasteiger partial charge in [0.05, 0.1) is 26.9 Å². The van der Waals surface area contributed by atoms with Crippen LogP contribution in [0.3, 0.4) is 0 Å². The van der Waals surface area contributed by atoms with Gasteiger partial charge in [-0.1, -0.05) is 112 Å². The fourth-order valence-corrected chi connectivity index (χ4v) is 8.04. The highest BCUT2D eigenvalue weighted by Gasteiger charge is 2.62. The number of ether oxygens (including phenoxy) is 3. The standard InChI is InChI=1S/C35H39O4Si/c1-34(2,3)33(39-40(28-17-11-7-12-18-28)29-19-13-8-14-20-29)30-24-35(30,26-15-9-6-10-16-26)25-38-27-21-22-31(36-4)32(23-27)37-5/h6-23,30,33H,24-25H2,1-5H3. The molecule has 0 heterocycles. The van der Waals surface area contributed by atoms with Crippen molar-refractivity contribution in [1.29, 1.82) is 0 Å². The summed E-state index contributed by atoms with van der Waals surface area (Å²) in [5.41, 5.74) is 1.09. The van der Waals surface area contributed by atoms with Gasteiger partial charge in [0.15, 0.2) is 11.5 Å². The highest BCUT2D eigenvalue weighted by Crippen LogP contribution is 2.59. The van der Waals surface area contributed by atoms with Crippen LogP contribution < -0.4 is 24.6 Å². The molecule has 0 spiro atoms. The third-order valence-corrected chi connectivity index (χ3v) is 10.1. The van der Waals surface area contributed by atoms with E-state index in [9.17, 15) is 0 Å². The zero-order chi connectivity index (χ0) is 28.2. The van der Waals surface area contributed by atoms with Crippen molar-refractivity contribution in [2.75, 3.05) is 20.8 Å². The zero-order valence-corrected chi connectivity index (χ0v) is 25.1. The van der Waals surface area contributed by atoms with E-state index in [1.165, 1.54) is 15.9 Å². The summed E-state index contributed by atoms with van der Waals surface area (Å²) in [5.74, 6) is 2.43. The van der Waals surface area contributed by atoms with Crippen LogP contribution >= 0.6 is 0 Å². The lowest BCUT2D eigenvalue weighted by atomic mass is 9.82. The van der Waals surface area contributed by atoms with E-state index >= 15 is 0 Å². The summed E-state index contributed by atoms with van der Waals surface area (Å²) in [5, 5.41) is 2.53. The molecule has 1 fully saturated rings. The molecule has 5 heteroatoms. The molecule has 1 radical (unpaired) electrons. The maximum Gasteiger partial charge on any atom is 0.283 e. The molecule has 207 valence electrons. The average molecular weight is 552 g/mol. The van der Waals surface area contributed by atoms with E-state index in [1.807, 2.05) is 18.2 Å². The molecule has 0 bridgehead atoms. The summed E-state index contributed by atoms with van der Waals surface area (Å²) in [6.07, 6.45) is 1.04. The Morgan fingerprint density at radius 3 is 1.82 bits per heavy atom. The molecule has 4 aromatic carbocycles. The first-order valence-electron chi connectivity index (χ1n) is 13.9. The van der Waals surface area contributed by atoms with Gasteiger partial charge in [-0.05, 0) is 45.8 Å². The van der Waals surface area contributed by atoms with Gasteiger partial charge in [-0.25, -0.2) is 0 Å². The molecule has 0 aliphatic heterocycles.